The number of hydrogen-bond acceptors (Lipinski definition) is 9. The van der Waals surface area contributed by atoms with Crippen molar-refractivity contribution in [1.82, 2.24) is 9.97 Å². The third kappa shape index (κ3) is 4.12. The number of benzene rings is 1. The van der Waals surface area contributed by atoms with Crippen molar-refractivity contribution >= 4 is 33.2 Å². The van der Waals surface area contributed by atoms with Gasteiger partial charge in [-0.25, -0.2) is 15.8 Å². The number of fused-ring (bicyclic) bond motifs is 1. The zero-order valence-corrected chi connectivity index (χ0v) is 16.2. The van der Waals surface area contributed by atoms with Gasteiger partial charge >= 0.3 is 0 Å². The quantitative estimate of drug-likeness (QED) is 0.315. The van der Waals surface area contributed by atoms with Crippen molar-refractivity contribution in [1.29, 1.82) is 0 Å². The molecule has 0 aliphatic rings. The van der Waals surface area contributed by atoms with E-state index in [0.717, 1.165) is 20.7 Å². The molecule has 0 spiro atoms. The summed E-state index contributed by atoms with van der Waals surface area (Å²) in [6, 6.07) is 7.58. The maximum Gasteiger partial charge on any atom is 0.161 e. The molecular formula is C19H22N4O4S. The van der Waals surface area contributed by atoms with Crippen LogP contribution < -0.4 is 16.0 Å². The average molecular weight is 402 g/mol. The summed E-state index contributed by atoms with van der Waals surface area (Å²) < 4.78 is 6.49. The van der Waals surface area contributed by atoms with E-state index < -0.39 is 12.7 Å². The van der Waals surface area contributed by atoms with Crippen molar-refractivity contribution in [3.63, 3.8) is 0 Å². The highest BCUT2D eigenvalue weighted by Crippen LogP contribution is 2.43. The van der Waals surface area contributed by atoms with Gasteiger partial charge in [0.25, 0.3) is 0 Å². The van der Waals surface area contributed by atoms with E-state index in [0.29, 0.717) is 23.7 Å². The van der Waals surface area contributed by atoms with E-state index in [9.17, 15) is 9.90 Å². The smallest absolute Gasteiger partial charge is 0.161 e. The lowest BCUT2D eigenvalue weighted by molar-refractivity contribution is -0.120. The van der Waals surface area contributed by atoms with E-state index in [1.807, 2.05) is 31.2 Å². The number of para-hydroxylation sites is 1. The Kier molecular flexibility index (Phi) is 6.53. The zero-order chi connectivity index (χ0) is 20.1. The summed E-state index contributed by atoms with van der Waals surface area (Å²) in [7, 11) is 0. The molecule has 28 heavy (non-hydrogen) atoms. The van der Waals surface area contributed by atoms with Crippen LogP contribution in [0.15, 0.2) is 30.6 Å². The second kappa shape index (κ2) is 9.07. The van der Waals surface area contributed by atoms with Crippen molar-refractivity contribution in [3.05, 3.63) is 36.2 Å². The average Bonchev–Trinajstić information content (AvgIpc) is 3.06. The van der Waals surface area contributed by atoms with E-state index in [2.05, 4.69) is 15.4 Å². The normalized spacial score (nSPS) is 12.1. The number of carbonyl (C=O) groups excluding carboxylic acids is 1. The number of thiophene rings is 1. The number of rotatable bonds is 9. The van der Waals surface area contributed by atoms with Crippen LogP contribution in [0, 0.1) is 0 Å². The molecule has 9 heteroatoms. The predicted octanol–water partition coefficient (Wildman–Crippen LogP) is 1.90. The van der Waals surface area contributed by atoms with Gasteiger partial charge in [-0.1, -0.05) is 12.1 Å². The third-order valence-corrected chi connectivity index (χ3v) is 5.45. The molecule has 5 N–H and O–H groups in total. The molecule has 8 nitrogen and oxygen atoms in total. The monoisotopic (exact) mass is 402 g/mol. The van der Waals surface area contributed by atoms with Crippen molar-refractivity contribution in [2.45, 2.75) is 25.9 Å². The molecule has 2 aromatic heterocycles. The number of aliphatic hydroxyl groups is 2. The number of nitrogens with one attached hydrogen (secondary N) is 1. The Labute approximate surface area is 166 Å². The summed E-state index contributed by atoms with van der Waals surface area (Å²) in [6.07, 6.45) is 0.243. The molecule has 148 valence electrons. The SMILES string of the molecule is CCOc1ccccc1-c1sc2c(NN)ncnc2c1CC(=O)CC(O)CO. The molecule has 1 atom stereocenters. The molecular weight excluding hydrogens is 380 g/mol. The highest BCUT2D eigenvalue weighted by atomic mass is 32.1. The van der Waals surface area contributed by atoms with Crippen molar-refractivity contribution in [3.8, 4) is 16.2 Å². The highest BCUT2D eigenvalue weighted by Gasteiger charge is 2.23. The molecule has 0 bridgehead atoms. The summed E-state index contributed by atoms with van der Waals surface area (Å²) in [6.45, 7) is 1.96. The number of aliphatic hydroxyl groups excluding tert-OH is 2. The second-order valence-electron chi connectivity index (χ2n) is 6.14. The summed E-state index contributed by atoms with van der Waals surface area (Å²) in [5.41, 5.74) is 4.76. The lowest BCUT2D eigenvalue weighted by atomic mass is 10.0. The van der Waals surface area contributed by atoms with Crippen LogP contribution in [0.2, 0.25) is 0 Å². The number of ketones is 1. The maximum absolute atomic E-state index is 12.5. The molecule has 2 heterocycles. The molecule has 1 aromatic carbocycles. The zero-order valence-electron chi connectivity index (χ0n) is 15.4. The molecule has 0 amide bonds. The minimum absolute atomic E-state index is 0.0634. The maximum atomic E-state index is 12.5. The first-order chi connectivity index (χ1) is 13.6. The minimum Gasteiger partial charge on any atom is -0.493 e. The number of aromatic nitrogens is 2. The first-order valence-electron chi connectivity index (χ1n) is 8.84. The molecule has 3 aromatic rings. The minimum atomic E-state index is -1.08. The number of hydrogen-bond donors (Lipinski definition) is 4. The third-order valence-electron chi connectivity index (χ3n) is 4.18. The molecule has 0 saturated heterocycles. The van der Waals surface area contributed by atoms with Crippen LogP contribution in [-0.2, 0) is 11.2 Å². The van der Waals surface area contributed by atoms with Gasteiger partial charge in [0.05, 0.1) is 29.5 Å². The highest BCUT2D eigenvalue weighted by molar-refractivity contribution is 7.23. The lowest BCUT2D eigenvalue weighted by Gasteiger charge is -2.11. The summed E-state index contributed by atoms with van der Waals surface area (Å²) in [5, 5.41) is 18.6. The predicted molar refractivity (Wildman–Crippen MR) is 108 cm³/mol. The van der Waals surface area contributed by atoms with Crippen molar-refractivity contribution in [2.24, 2.45) is 5.84 Å². The number of ether oxygens (including phenoxy) is 1. The number of nitrogen functional groups attached to an aromatic ring is 1. The first kappa shape index (κ1) is 20.2. The van der Waals surface area contributed by atoms with Crippen LogP contribution in [0.25, 0.3) is 20.7 Å². The van der Waals surface area contributed by atoms with Gasteiger partial charge in [-0.15, -0.1) is 11.3 Å². The van der Waals surface area contributed by atoms with Gasteiger partial charge in [0.15, 0.2) is 5.82 Å². The van der Waals surface area contributed by atoms with Gasteiger partial charge in [0.2, 0.25) is 0 Å². The Bertz CT molecular complexity index is 976. The molecule has 0 radical (unpaired) electrons. The Morgan fingerprint density at radius 1 is 1.36 bits per heavy atom. The fraction of sp³-hybridized carbons (Fsp3) is 0.316. The number of nitrogens with two attached hydrogens (primary N) is 1. The van der Waals surface area contributed by atoms with Crippen LogP contribution in [0.5, 0.6) is 5.75 Å². The van der Waals surface area contributed by atoms with Gasteiger partial charge in [0.1, 0.15) is 17.9 Å². The number of anilines is 1. The fourth-order valence-corrected chi connectivity index (χ4v) is 4.23. The Morgan fingerprint density at radius 3 is 2.86 bits per heavy atom. The largest absolute Gasteiger partial charge is 0.493 e. The Hall–Kier alpha value is -2.59. The van der Waals surface area contributed by atoms with Crippen LogP contribution in [-0.4, -0.2) is 45.3 Å². The molecule has 0 fully saturated rings. The molecule has 1 unspecified atom stereocenters. The number of Topliss-reactive ketones (excluding diaryl/α,β-unsaturated/α-hetero) is 1. The number of carbonyl (C=O) groups is 1. The summed E-state index contributed by atoms with van der Waals surface area (Å²) in [5.74, 6) is 6.57. The van der Waals surface area contributed by atoms with Crippen LogP contribution in [0.4, 0.5) is 5.82 Å². The Balaban J connectivity index is 2.15. The number of hydrazine groups is 1. The molecule has 3 rings (SSSR count). The van der Waals surface area contributed by atoms with E-state index >= 15 is 0 Å². The lowest BCUT2D eigenvalue weighted by Crippen LogP contribution is -2.18. The van der Waals surface area contributed by atoms with Gasteiger partial charge in [-0.05, 0) is 19.1 Å². The second-order valence-corrected chi connectivity index (χ2v) is 7.16. The first-order valence-corrected chi connectivity index (χ1v) is 9.66. The summed E-state index contributed by atoms with van der Waals surface area (Å²) >= 11 is 1.42. The molecule has 0 aliphatic heterocycles. The van der Waals surface area contributed by atoms with E-state index in [4.69, 9.17) is 15.7 Å². The van der Waals surface area contributed by atoms with Gasteiger partial charge in [0, 0.05) is 28.8 Å². The van der Waals surface area contributed by atoms with E-state index in [1.54, 1.807) is 0 Å². The van der Waals surface area contributed by atoms with E-state index in [-0.39, 0.29) is 18.6 Å². The summed E-state index contributed by atoms with van der Waals surface area (Å²) in [4.78, 5) is 21.8. The Morgan fingerprint density at radius 2 is 2.14 bits per heavy atom. The van der Waals surface area contributed by atoms with Gasteiger partial charge in [-0.2, -0.15) is 0 Å². The van der Waals surface area contributed by atoms with Gasteiger partial charge < -0.3 is 20.4 Å². The standard InChI is InChI=1S/C19H22N4O4S/c1-2-27-15-6-4-3-5-13(15)17-14(8-11(25)7-12(26)9-24)16-18(28-17)19(23-20)22-10-21-16/h3-6,10,12,24,26H,2,7-9,20H2,1H3,(H,21,22,23). The topological polar surface area (TPSA) is 131 Å². The molecule has 0 aliphatic carbocycles. The van der Waals surface area contributed by atoms with Crippen LogP contribution in [0.1, 0.15) is 18.9 Å². The van der Waals surface area contributed by atoms with Crippen LogP contribution in [0.3, 0.4) is 0 Å². The van der Waals surface area contributed by atoms with Crippen molar-refractivity contribution in [2.75, 3.05) is 18.6 Å². The molecule has 0 saturated carbocycles. The number of nitrogens with zero attached hydrogens (tertiary/aromatic N) is 2. The fourth-order valence-electron chi connectivity index (χ4n) is 2.97. The van der Waals surface area contributed by atoms with Crippen molar-refractivity contribution < 1.29 is 19.7 Å². The van der Waals surface area contributed by atoms with E-state index in [1.165, 1.54) is 17.7 Å². The van der Waals surface area contributed by atoms with Gasteiger partial charge in [-0.3, -0.25) is 4.79 Å². The van der Waals surface area contributed by atoms with Crippen LogP contribution >= 0.6 is 11.3 Å².